The Bertz CT molecular complexity index is 533. The molecular formula is C30H62N4. The van der Waals surface area contributed by atoms with E-state index in [1.807, 2.05) is 0 Å². The van der Waals surface area contributed by atoms with Crippen LogP contribution in [0.15, 0.2) is 0 Å². The maximum atomic E-state index is 2.79. The lowest BCUT2D eigenvalue weighted by atomic mass is 9.77. The first-order chi connectivity index (χ1) is 15.6. The van der Waals surface area contributed by atoms with Crippen LogP contribution in [-0.2, 0) is 0 Å². The number of piperidine rings is 2. The number of unbranched alkanes of at least 4 members (excludes halogenated alkanes) is 3. The van der Waals surface area contributed by atoms with Gasteiger partial charge in [-0.15, -0.1) is 0 Å². The van der Waals surface area contributed by atoms with E-state index in [1.165, 1.54) is 77.5 Å². The first kappa shape index (κ1) is 30.1. The predicted molar refractivity (Wildman–Crippen MR) is 151 cm³/mol. The van der Waals surface area contributed by atoms with Crippen molar-refractivity contribution in [2.24, 2.45) is 0 Å². The molecule has 4 heteroatoms. The highest BCUT2D eigenvalue weighted by atomic mass is 15.3. The standard InChI is InChI=1S/C30H62N4/c1-13-33(25-21-27(3,4)31(11)28(5,6)22-25)19-17-15-16-18-20-34(14-2)26-23-29(7,8)32(12)30(9,10)24-26/h25-26H,13-24H2,1-12H3. The van der Waals surface area contributed by atoms with Gasteiger partial charge in [-0.2, -0.15) is 0 Å². The van der Waals surface area contributed by atoms with E-state index in [1.54, 1.807) is 0 Å². The van der Waals surface area contributed by atoms with Crippen LogP contribution in [0.25, 0.3) is 0 Å². The van der Waals surface area contributed by atoms with Gasteiger partial charge in [0.05, 0.1) is 0 Å². The number of hydrogen-bond donors (Lipinski definition) is 0. The van der Waals surface area contributed by atoms with E-state index in [9.17, 15) is 0 Å². The summed E-state index contributed by atoms with van der Waals surface area (Å²) in [4.78, 5) is 10.8. The van der Waals surface area contributed by atoms with Gasteiger partial charge in [-0.05, 0) is 134 Å². The molecule has 0 atom stereocenters. The minimum Gasteiger partial charge on any atom is -0.301 e. The van der Waals surface area contributed by atoms with Gasteiger partial charge in [-0.1, -0.05) is 26.7 Å². The maximum absolute atomic E-state index is 2.79. The predicted octanol–water partition coefficient (Wildman–Crippen LogP) is 6.49. The van der Waals surface area contributed by atoms with E-state index in [0.29, 0.717) is 0 Å². The first-order valence-electron chi connectivity index (χ1n) is 14.5. The van der Waals surface area contributed by atoms with Gasteiger partial charge in [0, 0.05) is 34.2 Å². The fourth-order valence-electron chi connectivity index (χ4n) is 7.33. The molecule has 34 heavy (non-hydrogen) atoms. The van der Waals surface area contributed by atoms with E-state index in [4.69, 9.17) is 0 Å². The van der Waals surface area contributed by atoms with Gasteiger partial charge < -0.3 is 9.80 Å². The average Bonchev–Trinajstić information content (AvgIpc) is 2.71. The fourth-order valence-corrected chi connectivity index (χ4v) is 7.33. The van der Waals surface area contributed by atoms with Crippen LogP contribution < -0.4 is 0 Å². The molecule has 0 aromatic rings. The molecule has 2 aliphatic rings. The molecule has 0 aliphatic carbocycles. The molecule has 2 heterocycles. The molecule has 0 amide bonds. The minimum atomic E-state index is 0.278. The Morgan fingerprint density at radius 1 is 0.529 bits per heavy atom. The molecule has 0 spiro atoms. The molecule has 2 saturated heterocycles. The topological polar surface area (TPSA) is 13.0 Å². The van der Waals surface area contributed by atoms with Crippen molar-refractivity contribution in [2.45, 2.75) is 155 Å². The summed E-state index contributed by atoms with van der Waals surface area (Å²) < 4.78 is 0. The van der Waals surface area contributed by atoms with Gasteiger partial charge in [0.2, 0.25) is 0 Å². The lowest BCUT2D eigenvalue weighted by Gasteiger charge is -2.55. The summed E-state index contributed by atoms with van der Waals surface area (Å²) in [6, 6.07) is 1.44. The zero-order valence-corrected chi connectivity index (χ0v) is 25.4. The molecule has 2 aliphatic heterocycles. The second-order valence-electron chi connectivity index (χ2n) is 14.2. The summed E-state index contributed by atoms with van der Waals surface area (Å²) >= 11 is 0. The number of nitrogens with zero attached hydrogens (tertiary/aromatic N) is 4. The third kappa shape index (κ3) is 7.20. The first-order valence-corrected chi connectivity index (χ1v) is 14.5. The molecular weight excluding hydrogens is 416 g/mol. The normalized spacial score (nSPS) is 25.9. The van der Waals surface area contributed by atoms with Crippen LogP contribution >= 0.6 is 0 Å². The Morgan fingerprint density at radius 2 is 0.794 bits per heavy atom. The molecule has 0 unspecified atom stereocenters. The van der Waals surface area contributed by atoms with Gasteiger partial charge in [-0.25, -0.2) is 0 Å². The second-order valence-corrected chi connectivity index (χ2v) is 14.2. The Labute approximate surface area is 214 Å². The highest BCUT2D eigenvalue weighted by Crippen LogP contribution is 2.40. The van der Waals surface area contributed by atoms with Gasteiger partial charge in [-0.3, -0.25) is 9.80 Å². The molecule has 4 nitrogen and oxygen atoms in total. The van der Waals surface area contributed by atoms with Crippen molar-refractivity contribution in [1.82, 2.24) is 19.6 Å². The third-order valence-electron chi connectivity index (χ3n) is 10.1. The molecule has 0 bridgehead atoms. The lowest BCUT2D eigenvalue weighted by Crippen LogP contribution is -2.62. The molecule has 0 aromatic heterocycles. The zero-order valence-electron chi connectivity index (χ0n) is 25.4. The van der Waals surface area contributed by atoms with Gasteiger partial charge in [0.1, 0.15) is 0 Å². The fraction of sp³-hybridized carbons (Fsp3) is 1.00. The highest BCUT2D eigenvalue weighted by Gasteiger charge is 2.45. The smallest absolute Gasteiger partial charge is 0.0170 e. The van der Waals surface area contributed by atoms with Crippen LogP contribution in [0, 0.1) is 0 Å². The van der Waals surface area contributed by atoms with E-state index < -0.39 is 0 Å². The molecule has 0 aromatic carbocycles. The SMILES string of the molecule is CCN(CCCCCCN(CC)C1CC(C)(C)N(C)C(C)(C)C1)C1CC(C)(C)N(C)C(C)(C)C1. The van der Waals surface area contributed by atoms with Crippen LogP contribution in [0.5, 0.6) is 0 Å². The summed E-state index contributed by atoms with van der Waals surface area (Å²) in [5.41, 5.74) is 1.11. The molecule has 0 saturated carbocycles. The Balaban J connectivity index is 1.77. The number of rotatable bonds is 11. The summed E-state index contributed by atoms with van der Waals surface area (Å²) in [6.07, 6.45) is 10.6. The van der Waals surface area contributed by atoms with Crippen LogP contribution in [0.1, 0.15) is 121 Å². The summed E-state index contributed by atoms with van der Waals surface area (Å²) in [5, 5.41) is 0. The average molecular weight is 479 g/mol. The van der Waals surface area contributed by atoms with Crippen molar-refractivity contribution in [2.75, 3.05) is 40.3 Å². The summed E-state index contributed by atoms with van der Waals surface area (Å²) in [7, 11) is 4.64. The Kier molecular flexibility index (Phi) is 10.2. The van der Waals surface area contributed by atoms with E-state index in [2.05, 4.69) is 103 Å². The third-order valence-corrected chi connectivity index (χ3v) is 10.1. The molecule has 2 fully saturated rings. The van der Waals surface area contributed by atoms with Crippen molar-refractivity contribution in [3.63, 3.8) is 0 Å². The largest absolute Gasteiger partial charge is 0.301 e. The van der Waals surface area contributed by atoms with Gasteiger partial charge in [0.25, 0.3) is 0 Å². The zero-order chi connectivity index (χ0) is 25.9. The molecule has 202 valence electrons. The second kappa shape index (κ2) is 11.5. The quantitative estimate of drug-likeness (QED) is 0.314. The molecule has 0 N–H and O–H groups in total. The molecule has 0 radical (unpaired) electrons. The van der Waals surface area contributed by atoms with E-state index in [0.717, 1.165) is 12.1 Å². The van der Waals surface area contributed by atoms with Crippen molar-refractivity contribution >= 4 is 0 Å². The summed E-state index contributed by atoms with van der Waals surface area (Å²) in [6.45, 7) is 29.1. The van der Waals surface area contributed by atoms with Crippen LogP contribution in [0.3, 0.4) is 0 Å². The van der Waals surface area contributed by atoms with E-state index in [-0.39, 0.29) is 22.2 Å². The van der Waals surface area contributed by atoms with Crippen molar-refractivity contribution in [3.8, 4) is 0 Å². The minimum absolute atomic E-state index is 0.278. The van der Waals surface area contributed by atoms with Crippen LogP contribution in [0.4, 0.5) is 0 Å². The van der Waals surface area contributed by atoms with Gasteiger partial charge >= 0.3 is 0 Å². The van der Waals surface area contributed by atoms with Crippen LogP contribution in [-0.4, -0.2) is 94.1 Å². The summed E-state index contributed by atoms with van der Waals surface area (Å²) in [5.74, 6) is 0. The lowest BCUT2D eigenvalue weighted by molar-refractivity contribution is -0.0476. The molecule has 2 rings (SSSR count). The van der Waals surface area contributed by atoms with Crippen LogP contribution in [0.2, 0.25) is 0 Å². The van der Waals surface area contributed by atoms with Crippen molar-refractivity contribution in [3.05, 3.63) is 0 Å². The number of hydrogen-bond acceptors (Lipinski definition) is 4. The maximum Gasteiger partial charge on any atom is 0.0170 e. The Hall–Kier alpha value is -0.160. The number of likely N-dealkylation sites (tertiary alicyclic amines) is 2. The van der Waals surface area contributed by atoms with Crippen molar-refractivity contribution in [1.29, 1.82) is 0 Å². The highest BCUT2D eigenvalue weighted by molar-refractivity contribution is 5.02. The Morgan fingerprint density at radius 3 is 1.03 bits per heavy atom. The van der Waals surface area contributed by atoms with Gasteiger partial charge in [0.15, 0.2) is 0 Å². The van der Waals surface area contributed by atoms with Crippen molar-refractivity contribution < 1.29 is 0 Å². The monoisotopic (exact) mass is 478 g/mol. The van der Waals surface area contributed by atoms with E-state index >= 15 is 0 Å².